The summed E-state index contributed by atoms with van der Waals surface area (Å²) in [5, 5.41) is 16.8. The number of aromatic nitrogens is 7. The molecule has 0 radical (unpaired) electrons. The largest absolute Gasteiger partial charge is 0.356 e. The first-order chi connectivity index (χ1) is 16.9. The Morgan fingerprint density at radius 3 is 2.74 bits per heavy atom. The average Bonchev–Trinajstić information content (AvgIpc) is 3.59. The molecular formula is C25H24N8O2. The maximum Gasteiger partial charge on any atom is 0.260 e. The van der Waals surface area contributed by atoms with Gasteiger partial charge >= 0.3 is 0 Å². The van der Waals surface area contributed by atoms with Crippen LogP contribution in [-0.4, -0.2) is 40.8 Å². The highest BCUT2D eigenvalue weighted by molar-refractivity contribution is 5.83. The minimum Gasteiger partial charge on any atom is -0.356 e. The van der Waals surface area contributed by atoms with Gasteiger partial charge in [-0.05, 0) is 57.3 Å². The third kappa shape index (κ3) is 3.99. The summed E-state index contributed by atoms with van der Waals surface area (Å²) >= 11 is 0. The molecule has 0 saturated carbocycles. The number of fused-ring (bicyclic) bond motifs is 1. The monoisotopic (exact) mass is 468 g/mol. The Morgan fingerprint density at radius 1 is 1.23 bits per heavy atom. The Morgan fingerprint density at radius 2 is 2.06 bits per heavy atom. The average molecular weight is 469 g/mol. The van der Waals surface area contributed by atoms with Crippen molar-refractivity contribution in [1.82, 2.24) is 34.1 Å². The van der Waals surface area contributed by atoms with Gasteiger partial charge in [-0.3, -0.25) is 18.9 Å². The van der Waals surface area contributed by atoms with Crippen LogP contribution in [0.25, 0.3) is 28.6 Å². The van der Waals surface area contributed by atoms with Crippen molar-refractivity contribution in [3.8, 4) is 11.3 Å². The minimum atomic E-state index is -0.408. The molecule has 0 fully saturated rings. The molecule has 0 amide bonds. The van der Waals surface area contributed by atoms with E-state index in [9.17, 15) is 4.79 Å². The van der Waals surface area contributed by atoms with E-state index in [0.29, 0.717) is 28.5 Å². The fraction of sp³-hybridized carbons (Fsp3) is 0.200. The quantitative estimate of drug-likeness (QED) is 0.347. The Labute approximate surface area is 200 Å². The van der Waals surface area contributed by atoms with E-state index in [-0.39, 0.29) is 5.56 Å². The van der Waals surface area contributed by atoms with Gasteiger partial charge in [0.1, 0.15) is 0 Å². The third-order valence-corrected chi connectivity index (χ3v) is 5.96. The second-order valence-corrected chi connectivity index (χ2v) is 8.43. The van der Waals surface area contributed by atoms with Crippen LogP contribution >= 0.6 is 0 Å². The normalized spacial score (nSPS) is 12.9. The number of allylic oxidation sites excluding steroid dienone is 1. The van der Waals surface area contributed by atoms with Crippen LogP contribution in [0.1, 0.15) is 42.5 Å². The maximum atomic E-state index is 13.6. The van der Waals surface area contributed by atoms with Gasteiger partial charge in [-0.25, -0.2) is 0 Å². The molecule has 35 heavy (non-hydrogen) atoms. The summed E-state index contributed by atoms with van der Waals surface area (Å²) in [6.45, 7) is 9.35. The Kier molecular flexibility index (Phi) is 5.48. The van der Waals surface area contributed by atoms with Crippen molar-refractivity contribution in [3.05, 3.63) is 82.1 Å². The summed E-state index contributed by atoms with van der Waals surface area (Å²) in [4.78, 5) is 17.7. The predicted octanol–water partition coefficient (Wildman–Crippen LogP) is 4.09. The van der Waals surface area contributed by atoms with Crippen molar-refractivity contribution in [2.24, 2.45) is 12.0 Å². The molecular weight excluding hydrogens is 444 g/mol. The number of aryl methyl sites for hydroxylation is 2. The number of pyridine rings is 2. The smallest absolute Gasteiger partial charge is 0.260 e. The van der Waals surface area contributed by atoms with Crippen LogP contribution < -0.4 is 5.56 Å². The summed E-state index contributed by atoms with van der Waals surface area (Å²) in [5.41, 5.74) is 4.86. The van der Waals surface area contributed by atoms with Crippen molar-refractivity contribution >= 4 is 29.7 Å². The van der Waals surface area contributed by atoms with E-state index in [2.05, 4.69) is 32.2 Å². The van der Waals surface area contributed by atoms with Crippen molar-refractivity contribution in [3.63, 3.8) is 0 Å². The first-order valence-corrected chi connectivity index (χ1v) is 11.0. The van der Waals surface area contributed by atoms with Crippen LogP contribution in [0.4, 0.5) is 5.69 Å². The number of aliphatic imine (C=N–C) groups is 1. The van der Waals surface area contributed by atoms with Crippen LogP contribution in [0, 0.1) is 6.92 Å². The van der Waals surface area contributed by atoms with Gasteiger partial charge in [0.25, 0.3) is 5.56 Å². The number of hydrogen-bond donors (Lipinski definition) is 0. The summed E-state index contributed by atoms with van der Waals surface area (Å²) in [6.07, 6.45) is 9.07. The lowest BCUT2D eigenvalue weighted by Crippen LogP contribution is -2.26. The van der Waals surface area contributed by atoms with Gasteiger partial charge in [-0.15, -0.1) is 10.2 Å². The van der Waals surface area contributed by atoms with Gasteiger partial charge < -0.3 is 9.09 Å². The summed E-state index contributed by atoms with van der Waals surface area (Å²) in [7, 11) is 1.85. The molecule has 0 bridgehead atoms. The summed E-state index contributed by atoms with van der Waals surface area (Å²) in [5.74, 6) is 1.26. The molecule has 0 aliphatic carbocycles. The number of rotatable bonds is 6. The Bertz CT molecular complexity index is 1650. The zero-order valence-corrected chi connectivity index (χ0v) is 19.9. The van der Waals surface area contributed by atoms with Crippen molar-refractivity contribution in [2.45, 2.75) is 26.8 Å². The highest BCUT2D eigenvalue weighted by atomic mass is 16.5. The van der Waals surface area contributed by atoms with Crippen LogP contribution in [0.3, 0.4) is 0 Å². The molecule has 1 atom stereocenters. The number of nitrogens with zero attached hydrogens (tertiary/aromatic N) is 8. The van der Waals surface area contributed by atoms with Gasteiger partial charge in [-0.2, -0.15) is 5.10 Å². The fourth-order valence-electron chi connectivity index (χ4n) is 4.02. The zero-order chi connectivity index (χ0) is 24.7. The molecule has 0 N–H and O–H groups in total. The Hall–Kier alpha value is -4.60. The zero-order valence-electron chi connectivity index (χ0n) is 19.9. The third-order valence-electron chi connectivity index (χ3n) is 5.96. The first kappa shape index (κ1) is 22.2. The molecule has 0 aliphatic rings. The molecule has 5 aromatic rings. The van der Waals surface area contributed by atoms with Crippen LogP contribution in [0.5, 0.6) is 0 Å². The lowest BCUT2D eigenvalue weighted by molar-refractivity contribution is 0.427. The predicted molar refractivity (Wildman–Crippen MR) is 134 cm³/mol. The van der Waals surface area contributed by atoms with E-state index in [1.54, 1.807) is 27.7 Å². The fourth-order valence-corrected chi connectivity index (χ4v) is 4.02. The molecule has 5 aromatic heterocycles. The molecule has 0 spiro atoms. The van der Waals surface area contributed by atoms with Gasteiger partial charge in [-0.1, -0.05) is 5.16 Å². The molecule has 10 heteroatoms. The lowest BCUT2D eigenvalue weighted by Gasteiger charge is -2.15. The van der Waals surface area contributed by atoms with E-state index in [1.165, 1.54) is 0 Å². The molecule has 0 aromatic carbocycles. The van der Waals surface area contributed by atoms with Gasteiger partial charge in [0, 0.05) is 42.8 Å². The molecule has 10 nitrogen and oxygen atoms in total. The highest BCUT2D eigenvalue weighted by Gasteiger charge is 2.20. The van der Waals surface area contributed by atoms with Gasteiger partial charge in [0.2, 0.25) is 0 Å². The molecule has 5 heterocycles. The lowest BCUT2D eigenvalue weighted by atomic mass is 10.1. The maximum absolute atomic E-state index is 13.6. The van der Waals surface area contributed by atoms with Crippen molar-refractivity contribution in [1.29, 1.82) is 0 Å². The second-order valence-electron chi connectivity index (χ2n) is 8.43. The number of hydrogen-bond acceptors (Lipinski definition) is 7. The van der Waals surface area contributed by atoms with E-state index in [4.69, 9.17) is 4.52 Å². The van der Waals surface area contributed by atoms with E-state index in [1.807, 2.05) is 68.9 Å². The van der Waals surface area contributed by atoms with E-state index < -0.39 is 6.04 Å². The minimum absolute atomic E-state index is 0.204. The van der Waals surface area contributed by atoms with Gasteiger partial charge in [0.05, 0.1) is 29.2 Å². The second kappa shape index (κ2) is 8.64. The highest BCUT2D eigenvalue weighted by Crippen LogP contribution is 2.26. The van der Waals surface area contributed by atoms with Gasteiger partial charge in [0.15, 0.2) is 17.2 Å². The van der Waals surface area contributed by atoms with Crippen LogP contribution in [0.15, 0.2) is 63.4 Å². The van der Waals surface area contributed by atoms with Crippen molar-refractivity contribution < 1.29 is 4.52 Å². The Balaban J connectivity index is 1.59. The molecule has 5 rings (SSSR count). The van der Waals surface area contributed by atoms with E-state index in [0.717, 1.165) is 22.4 Å². The van der Waals surface area contributed by atoms with Crippen LogP contribution in [0.2, 0.25) is 0 Å². The topological polar surface area (TPSA) is 108 Å². The summed E-state index contributed by atoms with van der Waals surface area (Å²) in [6, 6.07) is 6.99. The molecule has 0 aliphatic heterocycles. The van der Waals surface area contributed by atoms with E-state index >= 15 is 0 Å². The standard InChI is InChI=1S/C25H24N8O2/c1-15(19-12-27-31(5)13-19)10-20-21(26-4)8-9-32(25(20)34)17(3)24-29-28-23-7-6-18(14-33(23)24)22-11-16(2)30-35-22/h6-14,17H,4H2,1-3,5H3/b15-10+/t17-/m0/s1. The molecule has 0 unspecified atom stereocenters. The molecule has 0 saturated heterocycles. The summed E-state index contributed by atoms with van der Waals surface area (Å²) < 4.78 is 10.6. The van der Waals surface area contributed by atoms with Crippen molar-refractivity contribution in [2.75, 3.05) is 0 Å². The SMILES string of the molecule is C=Nc1ccn([C@@H](C)c2nnc3ccc(-c4cc(C)no4)cn23)c(=O)c1/C=C(\C)c1cnn(C)c1. The van der Waals surface area contributed by atoms with Crippen LogP contribution in [-0.2, 0) is 7.05 Å². The first-order valence-electron chi connectivity index (χ1n) is 11.0. The molecule has 176 valence electrons.